The summed E-state index contributed by atoms with van der Waals surface area (Å²) in [6, 6.07) is 30.3. The van der Waals surface area contributed by atoms with E-state index in [1.165, 1.54) is 11.1 Å². The molecule has 1 heterocycles. The van der Waals surface area contributed by atoms with E-state index in [4.69, 9.17) is 9.47 Å². The number of ether oxygens (including phenoxy) is 2. The first kappa shape index (κ1) is 26.0. The number of amides is 1. The Morgan fingerprint density at radius 2 is 1.43 bits per heavy atom. The van der Waals surface area contributed by atoms with Crippen molar-refractivity contribution in [3.8, 4) is 11.5 Å². The molecule has 0 bridgehead atoms. The van der Waals surface area contributed by atoms with E-state index in [-0.39, 0.29) is 5.91 Å². The summed E-state index contributed by atoms with van der Waals surface area (Å²) in [5, 5.41) is 0. The van der Waals surface area contributed by atoms with Gasteiger partial charge in [-0.15, -0.1) is 0 Å². The summed E-state index contributed by atoms with van der Waals surface area (Å²) in [5.74, 6) is 1.51. The monoisotopic (exact) mass is 494 g/mol. The Balaban J connectivity index is 1.41. The van der Waals surface area contributed by atoms with Crippen molar-refractivity contribution in [1.82, 2.24) is 9.88 Å². The van der Waals surface area contributed by atoms with Gasteiger partial charge >= 0.3 is 0 Å². The second-order valence-electron chi connectivity index (χ2n) is 9.02. The van der Waals surface area contributed by atoms with E-state index >= 15 is 0 Å². The number of rotatable bonds is 13. The van der Waals surface area contributed by atoms with Gasteiger partial charge < -0.3 is 14.4 Å². The van der Waals surface area contributed by atoms with Crippen LogP contribution in [0.15, 0.2) is 103 Å². The molecule has 0 fully saturated rings. The molecule has 190 valence electrons. The first-order valence-corrected chi connectivity index (χ1v) is 12.8. The van der Waals surface area contributed by atoms with Gasteiger partial charge in [-0.25, -0.2) is 0 Å². The third kappa shape index (κ3) is 8.21. The van der Waals surface area contributed by atoms with Gasteiger partial charge in [-0.2, -0.15) is 0 Å². The number of carbonyl (C=O) groups is 1. The Morgan fingerprint density at radius 3 is 2.14 bits per heavy atom. The van der Waals surface area contributed by atoms with Gasteiger partial charge in [0.05, 0.1) is 7.11 Å². The van der Waals surface area contributed by atoms with Crippen molar-refractivity contribution in [2.45, 2.75) is 38.8 Å². The fourth-order valence-corrected chi connectivity index (χ4v) is 4.24. The van der Waals surface area contributed by atoms with E-state index in [0.717, 1.165) is 30.4 Å². The number of nitrogens with zero attached hydrogens (tertiary/aromatic N) is 2. The van der Waals surface area contributed by atoms with Crippen LogP contribution in [0.3, 0.4) is 0 Å². The predicted octanol–water partition coefficient (Wildman–Crippen LogP) is 6.26. The first-order chi connectivity index (χ1) is 18.2. The number of benzene rings is 3. The van der Waals surface area contributed by atoms with E-state index in [1.807, 2.05) is 83.8 Å². The van der Waals surface area contributed by atoms with Gasteiger partial charge in [-0.05, 0) is 65.8 Å². The SMILES string of the molecule is COc1cc(CN(CCc2ccncc2)C(=O)CCCc2ccccc2)ccc1OCc1ccccc1. The molecule has 37 heavy (non-hydrogen) atoms. The fourth-order valence-electron chi connectivity index (χ4n) is 4.24. The van der Waals surface area contributed by atoms with Crippen molar-refractivity contribution in [3.05, 3.63) is 126 Å². The van der Waals surface area contributed by atoms with Crippen LogP contribution in [0.5, 0.6) is 11.5 Å². The number of carbonyl (C=O) groups excluding carboxylic acids is 1. The molecule has 0 aliphatic heterocycles. The van der Waals surface area contributed by atoms with Gasteiger partial charge in [-0.1, -0.05) is 66.7 Å². The molecule has 0 aliphatic carbocycles. The average Bonchev–Trinajstić information content (AvgIpc) is 2.96. The quantitative estimate of drug-likeness (QED) is 0.220. The third-order valence-electron chi connectivity index (χ3n) is 6.31. The minimum Gasteiger partial charge on any atom is -0.493 e. The van der Waals surface area contributed by atoms with Crippen LogP contribution in [0.1, 0.15) is 35.1 Å². The Kier molecular flexibility index (Phi) is 9.70. The largest absolute Gasteiger partial charge is 0.493 e. The zero-order chi connectivity index (χ0) is 25.7. The standard InChI is InChI=1S/C32H34N2O3/c1-36-31-23-29(15-16-30(31)37-25-28-11-6-3-7-12-28)24-34(22-19-27-17-20-33-21-18-27)32(35)14-8-13-26-9-4-2-5-10-26/h2-7,9-12,15-18,20-21,23H,8,13-14,19,22,24-25H2,1H3. The van der Waals surface area contributed by atoms with Crippen molar-refractivity contribution in [1.29, 1.82) is 0 Å². The van der Waals surface area contributed by atoms with Crippen LogP contribution in [-0.4, -0.2) is 29.4 Å². The summed E-state index contributed by atoms with van der Waals surface area (Å²) < 4.78 is 11.6. The highest BCUT2D eigenvalue weighted by Gasteiger charge is 2.16. The number of aromatic nitrogens is 1. The van der Waals surface area contributed by atoms with Gasteiger partial charge in [0.25, 0.3) is 0 Å². The van der Waals surface area contributed by atoms with Gasteiger partial charge in [0.1, 0.15) is 6.61 Å². The van der Waals surface area contributed by atoms with Crippen molar-refractivity contribution in [2.24, 2.45) is 0 Å². The van der Waals surface area contributed by atoms with Crippen LogP contribution < -0.4 is 9.47 Å². The highest BCUT2D eigenvalue weighted by molar-refractivity contribution is 5.76. The van der Waals surface area contributed by atoms with E-state index in [1.54, 1.807) is 19.5 Å². The maximum atomic E-state index is 13.3. The van der Waals surface area contributed by atoms with Gasteiger partial charge in [0, 0.05) is 31.9 Å². The van der Waals surface area contributed by atoms with Crippen LogP contribution in [0.2, 0.25) is 0 Å². The molecule has 5 heteroatoms. The summed E-state index contributed by atoms with van der Waals surface area (Å²) in [6.45, 7) is 1.63. The lowest BCUT2D eigenvalue weighted by Crippen LogP contribution is -2.32. The van der Waals surface area contributed by atoms with E-state index in [0.29, 0.717) is 37.6 Å². The Hall–Kier alpha value is -4.12. The molecular formula is C32H34N2O3. The Morgan fingerprint density at radius 1 is 0.757 bits per heavy atom. The second-order valence-corrected chi connectivity index (χ2v) is 9.02. The molecule has 4 aromatic rings. The molecule has 0 N–H and O–H groups in total. The average molecular weight is 495 g/mol. The molecule has 0 unspecified atom stereocenters. The summed E-state index contributed by atoms with van der Waals surface area (Å²) >= 11 is 0. The molecule has 0 saturated carbocycles. The predicted molar refractivity (Wildman–Crippen MR) is 147 cm³/mol. The summed E-state index contributed by atoms with van der Waals surface area (Å²) in [5.41, 5.74) is 4.53. The molecule has 3 aromatic carbocycles. The highest BCUT2D eigenvalue weighted by Crippen LogP contribution is 2.29. The molecule has 0 saturated heterocycles. The lowest BCUT2D eigenvalue weighted by atomic mass is 10.1. The van der Waals surface area contributed by atoms with E-state index in [2.05, 4.69) is 17.1 Å². The highest BCUT2D eigenvalue weighted by atomic mass is 16.5. The number of methoxy groups -OCH3 is 1. The molecule has 0 atom stereocenters. The first-order valence-electron chi connectivity index (χ1n) is 12.8. The van der Waals surface area contributed by atoms with Crippen LogP contribution in [0.25, 0.3) is 0 Å². The third-order valence-corrected chi connectivity index (χ3v) is 6.31. The smallest absolute Gasteiger partial charge is 0.222 e. The zero-order valence-corrected chi connectivity index (χ0v) is 21.4. The normalized spacial score (nSPS) is 10.6. The van der Waals surface area contributed by atoms with Crippen LogP contribution >= 0.6 is 0 Å². The molecule has 0 aliphatic rings. The number of pyridine rings is 1. The number of hydrogen-bond donors (Lipinski definition) is 0. The molecule has 4 rings (SSSR count). The van der Waals surface area contributed by atoms with Crippen LogP contribution in [0, 0.1) is 0 Å². The molecule has 1 aromatic heterocycles. The maximum absolute atomic E-state index is 13.3. The maximum Gasteiger partial charge on any atom is 0.222 e. The number of aryl methyl sites for hydroxylation is 1. The van der Waals surface area contributed by atoms with E-state index in [9.17, 15) is 4.79 Å². The second kappa shape index (κ2) is 13.8. The van der Waals surface area contributed by atoms with Gasteiger partial charge in [0.15, 0.2) is 11.5 Å². The van der Waals surface area contributed by atoms with Gasteiger partial charge in [0.2, 0.25) is 5.91 Å². The molecule has 0 radical (unpaired) electrons. The van der Waals surface area contributed by atoms with Crippen molar-refractivity contribution in [3.63, 3.8) is 0 Å². The zero-order valence-electron chi connectivity index (χ0n) is 21.4. The Labute approximate surface area is 219 Å². The van der Waals surface area contributed by atoms with Crippen LogP contribution in [-0.2, 0) is 30.8 Å². The summed E-state index contributed by atoms with van der Waals surface area (Å²) in [6.07, 6.45) is 6.60. The lowest BCUT2D eigenvalue weighted by Gasteiger charge is -2.24. The molecule has 0 spiro atoms. The minimum absolute atomic E-state index is 0.161. The minimum atomic E-state index is 0.161. The molecular weight excluding hydrogens is 460 g/mol. The lowest BCUT2D eigenvalue weighted by molar-refractivity contribution is -0.131. The Bertz CT molecular complexity index is 1230. The number of hydrogen-bond acceptors (Lipinski definition) is 4. The molecule has 1 amide bonds. The van der Waals surface area contributed by atoms with E-state index < -0.39 is 0 Å². The van der Waals surface area contributed by atoms with Gasteiger partial charge in [-0.3, -0.25) is 9.78 Å². The summed E-state index contributed by atoms with van der Waals surface area (Å²) in [7, 11) is 1.64. The summed E-state index contributed by atoms with van der Waals surface area (Å²) in [4.78, 5) is 19.3. The van der Waals surface area contributed by atoms with Crippen molar-refractivity contribution >= 4 is 5.91 Å². The molecule has 5 nitrogen and oxygen atoms in total. The topological polar surface area (TPSA) is 51.7 Å². The fraction of sp³-hybridized carbons (Fsp3) is 0.250. The van der Waals surface area contributed by atoms with Crippen molar-refractivity contribution in [2.75, 3.05) is 13.7 Å². The van der Waals surface area contributed by atoms with Crippen molar-refractivity contribution < 1.29 is 14.3 Å². The van der Waals surface area contributed by atoms with Crippen LogP contribution in [0.4, 0.5) is 0 Å².